The van der Waals surface area contributed by atoms with Crippen molar-refractivity contribution in [2.45, 2.75) is 108 Å². The number of hydrogen-bond donors (Lipinski definition) is 3. The number of carbonyl (C=O) groups excluding carboxylic acids is 1. The van der Waals surface area contributed by atoms with E-state index in [4.69, 9.17) is 19.6 Å². The average molecular weight is 389 g/mol. The predicted molar refractivity (Wildman–Crippen MR) is 96.7 cm³/mol. The van der Waals surface area contributed by atoms with Crippen molar-refractivity contribution in [3.8, 4) is 0 Å². The molecule has 2 aliphatic rings. The molecule has 27 heavy (non-hydrogen) atoms. The van der Waals surface area contributed by atoms with Gasteiger partial charge in [0.15, 0.2) is 6.10 Å². The summed E-state index contributed by atoms with van der Waals surface area (Å²) in [7, 11) is 0. The number of carbonyl (C=O) groups is 1. The maximum Gasteiger partial charge on any atom is 0.256 e. The van der Waals surface area contributed by atoms with E-state index < -0.39 is 23.7 Å². The molecule has 2 fully saturated rings. The molecular formula is C19H35NO7. The molecule has 1 spiro atoms. The molecule has 1 atom stereocenters. The Morgan fingerprint density at radius 3 is 2.04 bits per heavy atom. The lowest BCUT2D eigenvalue weighted by molar-refractivity contribution is -0.515. The Bertz CT molecular complexity index is 426. The van der Waals surface area contributed by atoms with Crippen LogP contribution in [0.4, 0.5) is 0 Å². The lowest BCUT2D eigenvalue weighted by Crippen LogP contribution is -2.50. The van der Waals surface area contributed by atoms with E-state index in [-0.39, 0.29) is 0 Å². The van der Waals surface area contributed by atoms with Crippen LogP contribution in [0.1, 0.15) is 90.4 Å². The van der Waals surface area contributed by atoms with Crippen LogP contribution in [-0.4, -0.2) is 40.5 Å². The maximum absolute atomic E-state index is 12.3. The van der Waals surface area contributed by atoms with Gasteiger partial charge in [-0.25, -0.2) is 9.78 Å². The molecule has 1 amide bonds. The Morgan fingerprint density at radius 1 is 0.926 bits per heavy atom. The van der Waals surface area contributed by atoms with Crippen molar-refractivity contribution in [1.29, 1.82) is 0 Å². The van der Waals surface area contributed by atoms with E-state index >= 15 is 0 Å². The Morgan fingerprint density at radius 2 is 1.48 bits per heavy atom. The Labute approximate surface area is 161 Å². The van der Waals surface area contributed by atoms with Crippen molar-refractivity contribution >= 4 is 5.91 Å². The third-order valence-electron chi connectivity index (χ3n) is 4.99. The van der Waals surface area contributed by atoms with Gasteiger partial charge < -0.3 is 15.5 Å². The van der Waals surface area contributed by atoms with Crippen LogP contribution in [0, 0.1) is 0 Å². The molecule has 0 aromatic heterocycles. The zero-order valence-electron chi connectivity index (χ0n) is 16.4. The first kappa shape index (κ1) is 22.5. The molecular weight excluding hydrogens is 354 g/mol. The van der Waals surface area contributed by atoms with Gasteiger partial charge >= 0.3 is 0 Å². The molecule has 3 N–H and O–H groups in total. The van der Waals surface area contributed by atoms with E-state index in [0.717, 1.165) is 32.6 Å². The minimum absolute atomic E-state index is 0.313. The fraction of sp³-hybridized carbons (Fsp3) is 0.947. The molecule has 0 bridgehead atoms. The summed E-state index contributed by atoms with van der Waals surface area (Å²) in [6, 6.07) is 0. The highest BCUT2D eigenvalue weighted by Gasteiger charge is 2.38. The largest absolute Gasteiger partial charge is 0.349 e. The molecule has 158 valence electrons. The van der Waals surface area contributed by atoms with Gasteiger partial charge in [0, 0.05) is 19.8 Å². The van der Waals surface area contributed by atoms with Gasteiger partial charge in [0.25, 0.3) is 5.91 Å². The summed E-state index contributed by atoms with van der Waals surface area (Å²) in [4.78, 5) is 34.4. The van der Waals surface area contributed by atoms with Gasteiger partial charge in [-0.15, -0.1) is 0 Å². The van der Waals surface area contributed by atoms with Crippen LogP contribution in [-0.2, 0) is 24.3 Å². The standard InChI is InChI=1S/C19H35NO7/c1-18(22,23)20-17(21)16-12-11-15-24-26-19(27-25-16)13-9-7-5-3-2-4-6-8-10-14-19/h16,22-23H,2-15H2,1H3,(H,20,21). The highest BCUT2D eigenvalue weighted by Crippen LogP contribution is 2.31. The van der Waals surface area contributed by atoms with Gasteiger partial charge in [0.2, 0.25) is 11.7 Å². The highest BCUT2D eigenvalue weighted by molar-refractivity contribution is 5.81. The van der Waals surface area contributed by atoms with Crippen LogP contribution in [0.15, 0.2) is 0 Å². The number of nitrogens with one attached hydrogen (secondary N) is 1. The monoisotopic (exact) mass is 389 g/mol. The highest BCUT2D eigenvalue weighted by atomic mass is 17.3. The zero-order valence-corrected chi connectivity index (χ0v) is 16.4. The lowest BCUT2D eigenvalue weighted by atomic mass is 9.97. The minimum Gasteiger partial charge on any atom is -0.349 e. The van der Waals surface area contributed by atoms with Gasteiger partial charge in [-0.05, 0) is 25.7 Å². The van der Waals surface area contributed by atoms with E-state index in [1.807, 2.05) is 0 Å². The van der Waals surface area contributed by atoms with Crippen molar-refractivity contribution < 1.29 is 34.6 Å². The first-order valence-corrected chi connectivity index (χ1v) is 10.3. The number of hydrogen-bond acceptors (Lipinski definition) is 7. The Hall–Kier alpha value is -0.770. The van der Waals surface area contributed by atoms with Crippen LogP contribution < -0.4 is 5.32 Å². The third kappa shape index (κ3) is 8.85. The molecule has 8 heteroatoms. The van der Waals surface area contributed by atoms with Gasteiger partial charge in [0.05, 0.1) is 6.61 Å². The second-order valence-corrected chi connectivity index (χ2v) is 7.82. The van der Waals surface area contributed by atoms with E-state index in [9.17, 15) is 15.0 Å². The van der Waals surface area contributed by atoms with E-state index in [1.165, 1.54) is 32.1 Å². The maximum atomic E-state index is 12.3. The molecule has 2 rings (SSSR count). The third-order valence-corrected chi connectivity index (χ3v) is 4.99. The predicted octanol–water partition coefficient (Wildman–Crippen LogP) is 2.82. The fourth-order valence-corrected chi connectivity index (χ4v) is 3.49. The Kier molecular flexibility index (Phi) is 9.41. The van der Waals surface area contributed by atoms with Crippen molar-refractivity contribution in [2.24, 2.45) is 0 Å². The number of rotatable bonds is 2. The molecule has 1 unspecified atom stereocenters. The SMILES string of the molecule is CC(O)(O)NC(=O)C1CCCOOC2(CCCCCCCCCCC2)OO1. The second kappa shape index (κ2) is 11.3. The first-order valence-electron chi connectivity index (χ1n) is 10.3. The second-order valence-electron chi connectivity index (χ2n) is 7.82. The van der Waals surface area contributed by atoms with Crippen molar-refractivity contribution in [3.05, 3.63) is 0 Å². The minimum atomic E-state index is -2.31. The smallest absolute Gasteiger partial charge is 0.256 e. The van der Waals surface area contributed by atoms with Crippen molar-refractivity contribution in [1.82, 2.24) is 5.32 Å². The molecule has 8 nitrogen and oxygen atoms in total. The fourth-order valence-electron chi connectivity index (χ4n) is 3.49. The summed E-state index contributed by atoms with van der Waals surface area (Å²) < 4.78 is 0. The molecule has 1 saturated carbocycles. The van der Waals surface area contributed by atoms with E-state index in [0.29, 0.717) is 32.3 Å². The van der Waals surface area contributed by atoms with Crippen LogP contribution >= 0.6 is 0 Å². The van der Waals surface area contributed by atoms with Gasteiger partial charge in [-0.1, -0.05) is 44.9 Å². The van der Waals surface area contributed by atoms with Crippen LogP contribution in [0.5, 0.6) is 0 Å². The van der Waals surface area contributed by atoms with Crippen LogP contribution in [0.2, 0.25) is 0 Å². The lowest BCUT2D eigenvalue weighted by Gasteiger charge is -2.31. The van der Waals surface area contributed by atoms with Crippen LogP contribution in [0.3, 0.4) is 0 Å². The normalized spacial score (nSPS) is 26.7. The molecule has 1 saturated heterocycles. The van der Waals surface area contributed by atoms with Crippen molar-refractivity contribution in [3.63, 3.8) is 0 Å². The molecule has 0 aromatic carbocycles. The van der Waals surface area contributed by atoms with Gasteiger partial charge in [0.1, 0.15) is 0 Å². The molecule has 1 heterocycles. The van der Waals surface area contributed by atoms with E-state index in [1.54, 1.807) is 0 Å². The number of amides is 1. The van der Waals surface area contributed by atoms with E-state index in [2.05, 4.69) is 5.32 Å². The van der Waals surface area contributed by atoms with Gasteiger partial charge in [-0.3, -0.25) is 4.79 Å². The molecule has 0 radical (unpaired) electrons. The summed E-state index contributed by atoms with van der Waals surface area (Å²) in [5, 5.41) is 20.9. The van der Waals surface area contributed by atoms with Crippen LogP contribution in [0.25, 0.3) is 0 Å². The summed E-state index contributed by atoms with van der Waals surface area (Å²) in [6.45, 7) is 1.38. The number of aliphatic hydroxyl groups is 2. The summed E-state index contributed by atoms with van der Waals surface area (Å²) in [5.41, 5.74) is 0. The van der Waals surface area contributed by atoms with Gasteiger partial charge in [-0.2, -0.15) is 9.78 Å². The summed E-state index contributed by atoms with van der Waals surface area (Å²) in [6.07, 6.45) is 11.3. The summed E-state index contributed by atoms with van der Waals surface area (Å²) in [5.74, 6) is -3.99. The molecule has 1 aliphatic carbocycles. The summed E-state index contributed by atoms with van der Waals surface area (Å²) >= 11 is 0. The van der Waals surface area contributed by atoms with Crippen molar-refractivity contribution in [2.75, 3.05) is 6.61 Å². The first-order chi connectivity index (χ1) is 12.9. The Balaban J connectivity index is 2.01. The molecule has 0 aromatic rings. The average Bonchev–Trinajstić information content (AvgIpc) is 2.68. The zero-order chi connectivity index (χ0) is 19.6. The molecule has 1 aliphatic heterocycles. The quantitative estimate of drug-likeness (QED) is 0.492. The topological polar surface area (TPSA) is 106 Å².